The van der Waals surface area contributed by atoms with Crippen molar-refractivity contribution in [1.82, 2.24) is 10.2 Å². The Bertz CT molecular complexity index is 381. The highest BCUT2D eigenvalue weighted by atomic mass is 16.2. The number of imide groups is 1. The summed E-state index contributed by atoms with van der Waals surface area (Å²) in [7, 11) is 0. The molecule has 0 aromatic heterocycles. The Hall–Kier alpha value is -2.10. The zero-order valence-electron chi connectivity index (χ0n) is 11.0. The first-order chi connectivity index (χ1) is 8.69. The Morgan fingerprint density at radius 2 is 1.94 bits per heavy atom. The molecule has 1 heterocycles. The van der Waals surface area contributed by atoms with E-state index in [9.17, 15) is 9.59 Å². The highest BCUT2D eigenvalue weighted by Crippen LogP contribution is 2.10. The Morgan fingerprint density at radius 3 is 2.44 bits per heavy atom. The molecule has 0 saturated carbocycles. The van der Waals surface area contributed by atoms with Gasteiger partial charge in [0.15, 0.2) is 0 Å². The Kier molecular flexibility index (Phi) is 7.94. The normalized spacial score (nSPS) is 15.9. The molecule has 0 aromatic rings. The largest absolute Gasteiger partial charge is 0.328 e. The first-order valence-electron chi connectivity index (χ1n) is 5.92. The summed E-state index contributed by atoms with van der Waals surface area (Å²) in [6.07, 6.45) is 8.76. The number of hydrogen-bond donors (Lipinski definition) is 1. The van der Waals surface area contributed by atoms with Crippen molar-refractivity contribution in [2.75, 3.05) is 6.54 Å². The summed E-state index contributed by atoms with van der Waals surface area (Å²) < 4.78 is 0. The molecule has 0 unspecified atom stereocenters. The third-order valence-corrected chi connectivity index (χ3v) is 2.09. The molecule has 4 nitrogen and oxygen atoms in total. The van der Waals surface area contributed by atoms with E-state index in [4.69, 9.17) is 0 Å². The van der Waals surface area contributed by atoms with E-state index >= 15 is 0 Å². The van der Waals surface area contributed by atoms with Gasteiger partial charge in [-0.15, -0.1) is 0 Å². The Morgan fingerprint density at radius 1 is 1.28 bits per heavy atom. The molecular weight excluding hydrogens is 228 g/mol. The molecule has 3 amide bonds. The Labute approximate surface area is 108 Å². The van der Waals surface area contributed by atoms with Crippen molar-refractivity contribution in [3.63, 3.8) is 0 Å². The van der Waals surface area contributed by atoms with E-state index in [2.05, 4.69) is 18.5 Å². The van der Waals surface area contributed by atoms with E-state index in [0.29, 0.717) is 18.7 Å². The monoisotopic (exact) mass is 248 g/mol. The quantitative estimate of drug-likeness (QED) is 0.778. The summed E-state index contributed by atoms with van der Waals surface area (Å²) in [5.41, 5.74) is 0.656. The summed E-state index contributed by atoms with van der Waals surface area (Å²) in [5.74, 6) is -0.244. The van der Waals surface area contributed by atoms with Gasteiger partial charge in [0.2, 0.25) is 5.91 Å². The van der Waals surface area contributed by atoms with Gasteiger partial charge in [-0.1, -0.05) is 45.2 Å². The van der Waals surface area contributed by atoms with Crippen LogP contribution in [0.1, 0.15) is 20.3 Å². The molecule has 0 bridgehead atoms. The zero-order chi connectivity index (χ0) is 14.0. The van der Waals surface area contributed by atoms with Crippen molar-refractivity contribution in [3.8, 4) is 0 Å². The van der Waals surface area contributed by atoms with Crippen LogP contribution in [-0.4, -0.2) is 23.4 Å². The van der Waals surface area contributed by atoms with Crippen LogP contribution >= 0.6 is 0 Å². The number of urea groups is 1. The minimum absolute atomic E-state index is 0.244. The number of nitrogens with zero attached hydrogens (tertiary/aromatic N) is 1. The smallest absolute Gasteiger partial charge is 0.294 e. The zero-order valence-corrected chi connectivity index (χ0v) is 11.0. The first-order valence-corrected chi connectivity index (χ1v) is 5.92. The minimum atomic E-state index is -0.408. The summed E-state index contributed by atoms with van der Waals surface area (Å²) >= 11 is 0. The second kappa shape index (κ2) is 8.98. The van der Waals surface area contributed by atoms with Gasteiger partial charge < -0.3 is 0 Å². The summed E-state index contributed by atoms with van der Waals surface area (Å²) in [5, 5.41) is 2.25. The number of carbonyl (C=O) groups excluding carboxylic acids is 2. The van der Waals surface area contributed by atoms with Crippen LogP contribution < -0.4 is 5.32 Å². The predicted molar refractivity (Wildman–Crippen MR) is 73.8 cm³/mol. The fourth-order valence-corrected chi connectivity index (χ4v) is 1.31. The summed E-state index contributed by atoms with van der Waals surface area (Å²) in [6, 6.07) is -0.408. The van der Waals surface area contributed by atoms with Gasteiger partial charge in [0.25, 0.3) is 0 Å². The van der Waals surface area contributed by atoms with Crippen LogP contribution in [0, 0.1) is 0 Å². The molecule has 1 fully saturated rings. The van der Waals surface area contributed by atoms with E-state index in [1.807, 2.05) is 13.8 Å². The third kappa shape index (κ3) is 4.82. The first kappa shape index (κ1) is 15.9. The van der Waals surface area contributed by atoms with Crippen LogP contribution in [0.15, 0.2) is 49.2 Å². The lowest BCUT2D eigenvalue weighted by atomic mass is 10.2. The van der Waals surface area contributed by atoms with Crippen LogP contribution in [0.25, 0.3) is 0 Å². The van der Waals surface area contributed by atoms with Gasteiger partial charge in [-0.2, -0.15) is 0 Å². The van der Waals surface area contributed by atoms with Crippen molar-refractivity contribution in [3.05, 3.63) is 49.2 Å². The van der Waals surface area contributed by atoms with E-state index in [0.717, 1.165) is 0 Å². The van der Waals surface area contributed by atoms with Gasteiger partial charge >= 0.3 is 6.03 Å². The van der Waals surface area contributed by atoms with Crippen molar-refractivity contribution in [2.24, 2.45) is 0 Å². The third-order valence-electron chi connectivity index (χ3n) is 2.09. The molecule has 0 atom stereocenters. The number of allylic oxidation sites excluding steroid dienone is 5. The number of carbonyl (C=O) groups is 2. The molecule has 1 aliphatic heterocycles. The number of amides is 3. The lowest BCUT2D eigenvalue weighted by Crippen LogP contribution is -2.48. The van der Waals surface area contributed by atoms with Crippen molar-refractivity contribution < 1.29 is 9.59 Å². The van der Waals surface area contributed by atoms with E-state index in [1.165, 1.54) is 4.90 Å². The van der Waals surface area contributed by atoms with E-state index in [1.54, 1.807) is 30.4 Å². The molecule has 0 radical (unpaired) electrons. The molecule has 4 heteroatoms. The fraction of sp³-hybridized carbons (Fsp3) is 0.286. The van der Waals surface area contributed by atoms with Crippen molar-refractivity contribution in [2.45, 2.75) is 20.3 Å². The van der Waals surface area contributed by atoms with Gasteiger partial charge in [-0.3, -0.25) is 15.0 Å². The molecule has 0 aliphatic carbocycles. The minimum Gasteiger partial charge on any atom is -0.294 e. The lowest BCUT2D eigenvalue weighted by Gasteiger charge is -2.27. The van der Waals surface area contributed by atoms with Crippen LogP contribution in [0.3, 0.4) is 0 Å². The van der Waals surface area contributed by atoms with E-state index in [-0.39, 0.29) is 5.91 Å². The summed E-state index contributed by atoms with van der Waals surface area (Å²) in [6.45, 7) is 11.6. The Balaban J connectivity index is 0.00000137. The SMILES string of the molecule is C=C/C=C\C=C(/C=C)N1CCC(=O)NC1=O.CC. The number of nitrogens with one attached hydrogen (secondary N) is 1. The van der Waals surface area contributed by atoms with Gasteiger partial charge in [-0.25, -0.2) is 4.79 Å². The molecule has 1 N–H and O–H groups in total. The second-order valence-corrected chi connectivity index (χ2v) is 3.17. The number of rotatable bonds is 4. The van der Waals surface area contributed by atoms with Crippen molar-refractivity contribution in [1.29, 1.82) is 0 Å². The van der Waals surface area contributed by atoms with Gasteiger partial charge in [0.1, 0.15) is 0 Å². The van der Waals surface area contributed by atoms with Crippen LogP contribution in [-0.2, 0) is 4.79 Å². The second-order valence-electron chi connectivity index (χ2n) is 3.17. The molecule has 1 aliphatic rings. The maximum Gasteiger partial charge on any atom is 0.328 e. The number of hydrogen-bond acceptors (Lipinski definition) is 2. The molecule has 0 aromatic carbocycles. The molecule has 1 rings (SSSR count). The van der Waals surface area contributed by atoms with Crippen LogP contribution in [0.5, 0.6) is 0 Å². The summed E-state index contributed by atoms with van der Waals surface area (Å²) in [4.78, 5) is 23.9. The lowest BCUT2D eigenvalue weighted by molar-refractivity contribution is -0.121. The molecule has 18 heavy (non-hydrogen) atoms. The van der Waals surface area contributed by atoms with Gasteiger partial charge in [0.05, 0.1) is 0 Å². The van der Waals surface area contributed by atoms with Crippen LogP contribution in [0.4, 0.5) is 4.79 Å². The molecular formula is C14H20N2O2. The van der Waals surface area contributed by atoms with Crippen LogP contribution in [0.2, 0.25) is 0 Å². The van der Waals surface area contributed by atoms with Crippen molar-refractivity contribution >= 4 is 11.9 Å². The molecule has 0 spiro atoms. The van der Waals surface area contributed by atoms with Gasteiger partial charge in [0, 0.05) is 18.7 Å². The highest BCUT2D eigenvalue weighted by Gasteiger charge is 2.23. The van der Waals surface area contributed by atoms with E-state index < -0.39 is 6.03 Å². The topological polar surface area (TPSA) is 49.4 Å². The maximum atomic E-state index is 11.5. The standard InChI is InChI=1S/C12H14N2O2.C2H6/c1-3-5-6-7-10(4-2)14-9-8-11(15)13-12(14)16;1-2/h3-7H,1-2,8-9H2,(H,13,15,16);1-2H3/b6-5-,10-7+;. The fourth-order valence-electron chi connectivity index (χ4n) is 1.31. The average molecular weight is 248 g/mol. The predicted octanol–water partition coefficient (Wildman–Crippen LogP) is 2.77. The maximum absolute atomic E-state index is 11.5. The molecule has 98 valence electrons. The highest BCUT2D eigenvalue weighted by molar-refractivity contribution is 5.97. The molecule has 1 saturated heterocycles. The average Bonchev–Trinajstić information content (AvgIpc) is 2.38. The van der Waals surface area contributed by atoms with Gasteiger partial charge in [-0.05, 0) is 12.2 Å².